The van der Waals surface area contributed by atoms with Crippen molar-refractivity contribution in [3.63, 3.8) is 0 Å². The molecule has 1 aromatic carbocycles. The Morgan fingerprint density at radius 2 is 2.13 bits per heavy atom. The Labute approximate surface area is 145 Å². The predicted molar refractivity (Wildman–Crippen MR) is 94.6 cm³/mol. The van der Waals surface area contributed by atoms with Crippen LogP contribution in [0.2, 0.25) is 5.02 Å². The molecule has 23 heavy (non-hydrogen) atoms. The molecular weight excluding hydrogens is 334 g/mol. The van der Waals surface area contributed by atoms with Crippen molar-refractivity contribution >= 4 is 40.3 Å². The van der Waals surface area contributed by atoms with Crippen LogP contribution in [0.3, 0.4) is 0 Å². The zero-order valence-corrected chi connectivity index (χ0v) is 14.7. The molecule has 1 aliphatic rings. The fourth-order valence-corrected chi connectivity index (χ4v) is 3.13. The first kappa shape index (κ1) is 17.8. The highest BCUT2D eigenvalue weighted by Crippen LogP contribution is 2.23. The van der Waals surface area contributed by atoms with Crippen LogP contribution in [0.25, 0.3) is 0 Å². The molecule has 1 fully saturated rings. The Morgan fingerprint density at radius 3 is 2.78 bits per heavy atom. The van der Waals surface area contributed by atoms with Crippen LogP contribution in [0.4, 0.5) is 0 Å². The summed E-state index contributed by atoms with van der Waals surface area (Å²) in [6.45, 7) is 4.45. The van der Waals surface area contributed by atoms with Crippen molar-refractivity contribution in [1.29, 1.82) is 0 Å². The molecular formula is C16H20ClN3O2S. The number of carbonyl (C=O) groups is 2. The third kappa shape index (κ3) is 5.55. The molecule has 1 aromatic rings. The molecule has 0 unspecified atom stereocenters. The summed E-state index contributed by atoms with van der Waals surface area (Å²) in [5.74, 6) is -0.309. The third-order valence-electron chi connectivity index (χ3n) is 3.48. The lowest BCUT2D eigenvalue weighted by Crippen LogP contribution is -2.31. The molecule has 0 aliphatic carbocycles. The van der Waals surface area contributed by atoms with Crippen LogP contribution in [0.5, 0.6) is 0 Å². The molecule has 7 heteroatoms. The molecule has 2 N–H and O–H groups in total. The van der Waals surface area contributed by atoms with Crippen molar-refractivity contribution in [2.75, 3.05) is 0 Å². The molecule has 0 radical (unpaired) electrons. The van der Waals surface area contributed by atoms with Crippen molar-refractivity contribution in [1.82, 2.24) is 10.6 Å². The molecule has 2 amide bonds. The van der Waals surface area contributed by atoms with E-state index in [9.17, 15) is 9.59 Å². The maximum absolute atomic E-state index is 12.0. The summed E-state index contributed by atoms with van der Waals surface area (Å²) in [5, 5.41) is 6.41. The van der Waals surface area contributed by atoms with Crippen LogP contribution in [0, 0.1) is 0 Å². The fourth-order valence-electron chi connectivity index (χ4n) is 1.94. The number of hydrogen-bond donors (Lipinski definition) is 2. The van der Waals surface area contributed by atoms with Crippen LogP contribution < -0.4 is 10.6 Å². The molecule has 0 aromatic heterocycles. The van der Waals surface area contributed by atoms with Crippen LogP contribution >= 0.6 is 23.4 Å². The van der Waals surface area contributed by atoms with Gasteiger partial charge in [0.1, 0.15) is 5.25 Å². The van der Waals surface area contributed by atoms with E-state index in [1.165, 1.54) is 11.8 Å². The standard InChI is InChI=1S/C16H20ClN3O2S/c1-3-10(2)19-16-20-15(22)13(23-16)8-14(21)18-9-11-4-6-12(17)7-5-11/h4-7,10,13H,3,8-9H2,1-2H3,(H,18,21)(H,19,20,22)/t10-,13+/m1/s1. The van der Waals surface area contributed by atoms with E-state index in [2.05, 4.69) is 15.6 Å². The number of nitrogens with zero attached hydrogens (tertiary/aromatic N) is 1. The molecule has 0 spiro atoms. The number of hydrogen-bond acceptors (Lipinski definition) is 4. The van der Waals surface area contributed by atoms with Gasteiger partial charge in [-0.1, -0.05) is 42.4 Å². The first-order valence-electron chi connectivity index (χ1n) is 7.54. The Morgan fingerprint density at radius 1 is 1.43 bits per heavy atom. The minimum Gasteiger partial charge on any atom is -0.352 e. The van der Waals surface area contributed by atoms with E-state index >= 15 is 0 Å². The van der Waals surface area contributed by atoms with Gasteiger partial charge in [0, 0.05) is 24.0 Å². The summed E-state index contributed by atoms with van der Waals surface area (Å²) in [6, 6.07) is 7.44. The molecule has 2 atom stereocenters. The van der Waals surface area contributed by atoms with Crippen LogP contribution in [0.15, 0.2) is 29.3 Å². The van der Waals surface area contributed by atoms with E-state index in [4.69, 9.17) is 11.6 Å². The summed E-state index contributed by atoms with van der Waals surface area (Å²) in [4.78, 5) is 28.3. The highest BCUT2D eigenvalue weighted by Gasteiger charge is 2.32. The van der Waals surface area contributed by atoms with Gasteiger partial charge in [0.15, 0.2) is 5.17 Å². The normalized spacial score (nSPS) is 20.4. The van der Waals surface area contributed by atoms with Gasteiger partial charge in [0.25, 0.3) is 0 Å². The van der Waals surface area contributed by atoms with E-state index in [0.29, 0.717) is 16.7 Å². The van der Waals surface area contributed by atoms with Gasteiger partial charge in [-0.3, -0.25) is 14.6 Å². The van der Waals surface area contributed by atoms with Crippen LogP contribution in [0.1, 0.15) is 32.3 Å². The van der Waals surface area contributed by atoms with Gasteiger partial charge in [0.05, 0.1) is 0 Å². The number of amides is 2. The van der Waals surface area contributed by atoms with Crippen molar-refractivity contribution in [3.8, 4) is 0 Å². The lowest BCUT2D eigenvalue weighted by atomic mass is 10.2. The van der Waals surface area contributed by atoms with Gasteiger partial charge in [0.2, 0.25) is 11.8 Å². The third-order valence-corrected chi connectivity index (χ3v) is 4.83. The van der Waals surface area contributed by atoms with Gasteiger partial charge in [-0.25, -0.2) is 0 Å². The number of halogens is 1. The highest BCUT2D eigenvalue weighted by atomic mass is 35.5. The second-order valence-corrected chi connectivity index (χ2v) is 7.02. The monoisotopic (exact) mass is 353 g/mol. The number of rotatable bonds is 6. The average Bonchev–Trinajstić information content (AvgIpc) is 2.86. The second kappa shape index (κ2) is 8.36. The maximum atomic E-state index is 12.0. The summed E-state index contributed by atoms with van der Waals surface area (Å²) in [7, 11) is 0. The second-order valence-electron chi connectivity index (χ2n) is 5.39. The first-order valence-corrected chi connectivity index (χ1v) is 8.80. The van der Waals surface area contributed by atoms with Gasteiger partial charge >= 0.3 is 0 Å². The first-order chi connectivity index (χ1) is 11.0. The molecule has 0 bridgehead atoms. The molecule has 5 nitrogen and oxygen atoms in total. The summed E-state index contributed by atoms with van der Waals surface area (Å²) in [5.41, 5.74) is 0.963. The zero-order chi connectivity index (χ0) is 16.8. The SMILES string of the molecule is CC[C@@H](C)N=C1NC(=O)[C@H](CC(=O)NCc2ccc(Cl)cc2)S1. The lowest BCUT2D eigenvalue weighted by molar-refractivity contribution is -0.125. The lowest BCUT2D eigenvalue weighted by Gasteiger charge is -2.07. The maximum Gasteiger partial charge on any atom is 0.240 e. The molecule has 1 saturated heterocycles. The van der Waals surface area contributed by atoms with Crippen LogP contribution in [-0.2, 0) is 16.1 Å². The molecule has 124 valence electrons. The number of aliphatic imine (C=N–C) groups is 1. The van der Waals surface area contributed by atoms with E-state index in [1.807, 2.05) is 26.0 Å². The minimum atomic E-state index is -0.414. The smallest absolute Gasteiger partial charge is 0.240 e. The van der Waals surface area contributed by atoms with Gasteiger partial charge < -0.3 is 10.6 Å². The Balaban J connectivity index is 1.82. The molecule has 2 rings (SSSR count). The minimum absolute atomic E-state index is 0.142. The van der Waals surface area contributed by atoms with Gasteiger partial charge in [-0.05, 0) is 31.0 Å². The largest absolute Gasteiger partial charge is 0.352 e. The van der Waals surface area contributed by atoms with Crippen molar-refractivity contribution in [2.45, 2.75) is 44.5 Å². The predicted octanol–water partition coefficient (Wildman–Crippen LogP) is 2.73. The Bertz CT molecular complexity index is 604. The number of benzene rings is 1. The van der Waals surface area contributed by atoms with Gasteiger partial charge in [-0.2, -0.15) is 0 Å². The number of amidine groups is 1. The number of carbonyl (C=O) groups excluding carboxylic acids is 2. The van der Waals surface area contributed by atoms with E-state index in [-0.39, 0.29) is 24.3 Å². The summed E-state index contributed by atoms with van der Waals surface area (Å²) in [6.07, 6.45) is 1.05. The quantitative estimate of drug-likeness (QED) is 0.826. The van der Waals surface area contributed by atoms with Crippen LogP contribution in [-0.4, -0.2) is 28.3 Å². The number of thioether (sulfide) groups is 1. The molecule has 1 aliphatic heterocycles. The molecule has 1 heterocycles. The summed E-state index contributed by atoms with van der Waals surface area (Å²) >= 11 is 7.14. The van der Waals surface area contributed by atoms with E-state index in [1.54, 1.807) is 12.1 Å². The molecule has 0 saturated carbocycles. The van der Waals surface area contributed by atoms with E-state index < -0.39 is 5.25 Å². The zero-order valence-electron chi connectivity index (χ0n) is 13.1. The Hall–Kier alpha value is -1.53. The summed E-state index contributed by atoms with van der Waals surface area (Å²) < 4.78 is 0. The average molecular weight is 354 g/mol. The topological polar surface area (TPSA) is 70.6 Å². The Kier molecular flexibility index (Phi) is 6.47. The fraction of sp³-hybridized carbons (Fsp3) is 0.438. The van der Waals surface area contributed by atoms with E-state index in [0.717, 1.165) is 12.0 Å². The van der Waals surface area contributed by atoms with Crippen molar-refractivity contribution in [2.24, 2.45) is 4.99 Å². The van der Waals surface area contributed by atoms with Crippen molar-refractivity contribution in [3.05, 3.63) is 34.9 Å². The number of nitrogens with one attached hydrogen (secondary N) is 2. The van der Waals surface area contributed by atoms with Crippen molar-refractivity contribution < 1.29 is 9.59 Å². The van der Waals surface area contributed by atoms with Gasteiger partial charge in [-0.15, -0.1) is 0 Å². The highest BCUT2D eigenvalue weighted by molar-refractivity contribution is 8.15.